The SMILES string of the molecule is CC(C)(C)c1ccc(C(O)c2c(F)cccc2F)cc1. The molecule has 0 aliphatic rings. The van der Waals surface area contributed by atoms with Crippen molar-refractivity contribution < 1.29 is 13.9 Å². The molecular formula is C17H18F2O. The average Bonchev–Trinajstić information content (AvgIpc) is 2.37. The molecule has 0 aliphatic carbocycles. The summed E-state index contributed by atoms with van der Waals surface area (Å²) in [6, 6.07) is 10.7. The Morgan fingerprint density at radius 1 is 0.900 bits per heavy atom. The lowest BCUT2D eigenvalue weighted by atomic mass is 9.86. The van der Waals surface area contributed by atoms with Crippen LogP contribution in [-0.2, 0) is 5.41 Å². The largest absolute Gasteiger partial charge is 0.383 e. The molecule has 0 aromatic heterocycles. The molecule has 20 heavy (non-hydrogen) atoms. The summed E-state index contributed by atoms with van der Waals surface area (Å²) >= 11 is 0. The third kappa shape index (κ3) is 2.88. The topological polar surface area (TPSA) is 20.2 Å². The van der Waals surface area contributed by atoms with Crippen molar-refractivity contribution in [2.24, 2.45) is 0 Å². The number of benzene rings is 2. The van der Waals surface area contributed by atoms with E-state index in [0.717, 1.165) is 17.7 Å². The van der Waals surface area contributed by atoms with Crippen molar-refractivity contribution >= 4 is 0 Å². The molecule has 0 bridgehead atoms. The van der Waals surface area contributed by atoms with E-state index in [1.165, 1.54) is 6.07 Å². The van der Waals surface area contributed by atoms with Crippen LogP contribution >= 0.6 is 0 Å². The monoisotopic (exact) mass is 276 g/mol. The Morgan fingerprint density at radius 2 is 1.40 bits per heavy atom. The first-order valence-corrected chi connectivity index (χ1v) is 6.53. The summed E-state index contributed by atoms with van der Waals surface area (Å²) in [6.07, 6.45) is -1.30. The zero-order valence-electron chi connectivity index (χ0n) is 11.8. The van der Waals surface area contributed by atoms with Crippen molar-refractivity contribution in [3.05, 3.63) is 70.8 Å². The molecule has 1 N–H and O–H groups in total. The van der Waals surface area contributed by atoms with Gasteiger partial charge in [-0.3, -0.25) is 0 Å². The Morgan fingerprint density at radius 3 is 1.85 bits per heavy atom. The lowest BCUT2D eigenvalue weighted by Crippen LogP contribution is -2.11. The van der Waals surface area contributed by atoms with Gasteiger partial charge in [-0.25, -0.2) is 8.78 Å². The third-order valence-electron chi connectivity index (χ3n) is 3.37. The highest BCUT2D eigenvalue weighted by Crippen LogP contribution is 2.29. The van der Waals surface area contributed by atoms with Crippen LogP contribution in [0.4, 0.5) is 8.78 Å². The quantitative estimate of drug-likeness (QED) is 0.865. The second-order valence-electron chi connectivity index (χ2n) is 5.91. The molecule has 0 fully saturated rings. The zero-order chi connectivity index (χ0) is 14.9. The molecule has 2 aromatic carbocycles. The molecule has 3 heteroatoms. The molecule has 0 aliphatic heterocycles. The summed E-state index contributed by atoms with van der Waals surface area (Å²) < 4.78 is 27.3. The number of rotatable bonds is 2. The van der Waals surface area contributed by atoms with Gasteiger partial charge in [-0.2, -0.15) is 0 Å². The maximum atomic E-state index is 13.7. The first-order chi connectivity index (χ1) is 9.30. The molecule has 106 valence electrons. The summed E-state index contributed by atoms with van der Waals surface area (Å²) in [5, 5.41) is 10.2. The van der Waals surface area contributed by atoms with Gasteiger partial charge in [0.2, 0.25) is 0 Å². The maximum absolute atomic E-state index is 13.7. The summed E-state index contributed by atoms with van der Waals surface area (Å²) in [7, 11) is 0. The van der Waals surface area contributed by atoms with Gasteiger partial charge >= 0.3 is 0 Å². The van der Waals surface area contributed by atoms with Crippen molar-refractivity contribution in [2.75, 3.05) is 0 Å². The minimum Gasteiger partial charge on any atom is -0.383 e. The molecule has 0 saturated heterocycles. The van der Waals surface area contributed by atoms with E-state index in [2.05, 4.69) is 20.8 Å². The van der Waals surface area contributed by atoms with Crippen LogP contribution in [0.2, 0.25) is 0 Å². The van der Waals surface area contributed by atoms with Gasteiger partial charge in [-0.05, 0) is 28.7 Å². The van der Waals surface area contributed by atoms with E-state index in [0.29, 0.717) is 5.56 Å². The molecule has 0 radical (unpaired) electrons. The average molecular weight is 276 g/mol. The van der Waals surface area contributed by atoms with Crippen molar-refractivity contribution in [1.82, 2.24) is 0 Å². The van der Waals surface area contributed by atoms with E-state index in [4.69, 9.17) is 0 Å². The summed E-state index contributed by atoms with van der Waals surface area (Å²) in [5.74, 6) is -1.48. The highest BCUT2D eigenvalue weighted by molar-refractivity contribution is 5.35. The van der Waals surface area contributed by atoms with Gasteiger partial charge in [-0.15, -0.1) is 0 Å². The van der Waals surface area contributed by atoms with Crippen molar-refractivity contribution in [3.63, 3.8) is 0 Å². The molecule has 2 rings (SSSR count). The molecule has 1 unspecified atom stereocenters. The van der Waals surface area contributed by atoms with Gasteiger partial charge in [0.1, 0.15) is 17.7 Å². The van der Waals surface area contributed by atoms with Gasteiger partial charge in [0.25, 0.3) is 0 Å². The number of hydrogen-bond donors (Lipinski definition) is 1. The van der Waals surface area contributed by atoms with Crippen LogP contribution in [-0.4, -0.2) is 5.11 Å². The lowest BCUT2D eigenvalue weighted by molar-refractivity contribution is 0.209. The zero-order valence-corrected chi connectivity index (χ0v) is 11.8. The first kappa shape index (κ1) is 14.7. The van der Waals surface area contributed by atoms with E-state index in [1.54, 1.807) is 12.1 Å². The summed E-state index contributed by atoms with van der Waals surface area (Å²) in [4.78, 5) is 0. The maximum Gasteiger partial charge on any atom is 0.132 e. The van der Waals surface area contributed by atoms with E-state index in [9.17, 15) is 13.9 Å². The van der Waals surface area contributed by atoms with Crippen LogP contribution in [0.3, 0.4) is 0 Å². The number of aliphatic hydroxyl groups excluding tert-OH is 1. The standard InChI is InChI=1S/C17H18F2O/c1-17(2,3)12-9-7-11(8-10-12)16(20)15-13(18)5-4-6-14(15)19/h4-10,16,20H,1-3H3. The molecule has 0 heterocycles. The van der Waals surface area contributed by atoms with Crippen molar-refractivity contribution in [3.8, 4) is 0 Å². The highest BCUT2D eigenvalue weighted by atomic mass is 19.1. The van der Waals surface area contributed by atoms with Gasteiger partial charge in [0, 0.05) is 0 Å². The minimum atomic E-state index is -1.30. The molecular weight excluding hydrogens is 258 g/mol. The van der Waals surface area contributed by atoms with Crippen LogP contribution in [0.15, 0.2) is 42.5 Å². The first-order valence-electron chi connectivity index (χ1n) is 6.53. The van der Waals surface area contributed by atoms with Crippen molar-refractivity contribution in [2.45, 2.75) is 32.3 Å². The van der Waals surface area contributed by atoms with Gasteiger partial charge in [0.05, 0.1) is 5.56 Å². The van der Waals surface area contributed by atoms with Gasteiger partial charge < -0.3 is 5.11 Å². The highest BCUT2D eigenvalue weighted by Gasteiger charge is 2.20. The number of hydrogen-bond acceptors (Lipinski definition) is 1. The molecule has 0 saturated carbocycles. The Labute approximate surface area is 117 Å². The van der Waals surface area contributed by atoms with Gasteiger partial charge in [-0.1, -0.05) is 51.1 Å². The predicted octanol–water partition coefficient (Wildman–Crippen LogP) is 4.34. The predicted molar refractivity (Wildman–Crippen MR) is 75.6 cm³/mol. The Bertz CT molecular complexity index is 577. The molecule has 0 spiro atoms. The van der Waals surface area contributed by atoms with E-state index < -0.39 is 17.7 Å². The third-order valence-corrected chi connectivity index (χ3v) is 3.37. The molecule has 1 nitrogen and oxygen atoms in total. The Kier molecular flexibility index (Phi) is 3.91. The fourth-order valence-electron chi connectivity index (χ4n) is 2.10. The van der Waals surface area contributed by atoms with Crippen LogP contribution < -0.4 is 0 Å². The lowest BCUT2D eigenvalue weighted by Gasteiger charge is -2.20. The molecule has 2 aromatic rings. The van der Waals surface area contributed by atoms with Crippen LogP contribution in [0.1, 0.15) is 43.6 Å². The van der Waals surface area contributed by atoms with Crippen molar-refractivity contribution in [1.29, 1.82) is 0 Å². The van der Waals surface area contributed by atoms with E-state index in [1.807, 2.05) is 12.1 Å². The second-order valence-corrected chi connectivity index (χ2v) is 5.91. The van der Waals surface area contributed by atoms with Crippen LogP contribution in [0, 0.1) is 11.6 Å². The summed E-state index contributed by atoms with van der Waals surface area (Å²) in [6.45, 7) is 6.24. The van der Waals surface area contributed by atoms with Crippen LogP contribution in [0.25, 0.3) is 0 Å². The Hall–Kier alpha value is -1.74. The molecule has 0 amide bonds. The molecule has 1 atom stereocenters. The fourth-order valence-corrected chi connectivity index (χ4v) is 2.10. The van der Waals surface area contributed by atoms with E-state index in [-0.39, 0.29) is 11.0 Å². The van der Waals surface area contributed by atoms with Gasteiger partial charge in [0.15, 0.2) is 0 Å². The van der Waals surface area contributed by atoms with E-state index >= 15 is 0 Å². The fraction of sp³-hybridized carbons (Fsp3) is 0.294. The smallest absolute Gasteiger partial charge is 0.132 e. The number of aliphatic hydroxyl groups is 1. The Balaban J connectivity index is 2.37. The number of halogens is 2. The normalized spacial score (nSPS) is 13.3. The second kappa shape index (κ2) is 5.33. The minimum absolute atomic E-state index is 0.00721. The van der Waals surface area contributed by atoms with Crippen LogP contribution in [0.5, 0.6) is 0 Å². The summed E-state index contributed by atoms with van der Waals surface area (Å²) in [5.41, 5.74) is 1.26.